The maximum absolute atomic E-state index is 13.5. The molecule has 1 aromatic heterocycles. The van der Waals surface area contributed by atoms with Crippen molar-refractivity contribution in [3.63, 3.8) is 0 Å². The third-order valence-corrected chi connectivity index (χ3v) is 7.36. The lowest BCUT2D eigenvalue weighted by atomic mass is 10.1. The number of hydrogen-bond donors (Lipinski definition) is 0. The third-order valence-electron chi connectivity index (χ3n) is 7.36. The zero-order chi connectivity index (χ0) is 28.4. The number of hydrogen-bond acceptors (Lipinski definition) is 3. The molecule has 0 fully saturated rings. The number of carbonyl (C=O) groups excluding carboxylic acids is 1. The van der Waals surface area contributed by atoms with Crippen molar-refractivity contribution in [2.45, 2.75) is 90.5 Å². The van der Waals surface area contributed by atoms with Gasteiger partial charge in [0.05, 0.1) is 25.8 Å². The van der Waals surface area contributed by atoms with Gasteiger partial charge in [0.1, 0.15) is 7.05 Å². The molecule has 3 aromatic rings. The highest BCUT2D eigenvalue weighted by atomic mass is 16.5. The highest BCUT2D eigenvalue weighted by Crippen LogP contribution is 2.30. The van der Waals surface area contributed by atoms with Crippen molar-refractivity contribution in [1.29, 1.82) is 0 Å². The average molecular weight is 546 g/mol. The molecule has 0 aliphatic heterocycles. The maximum atomic E-state index is 13.5. The van der Waals surface area contributed by atoms with E-state index in [-0.39, 0.29) is 5.91 Å². The van der Waals surface area contributed by atoms with Crippen LogP contribution in [0.3, 0.4) is 0 Å². The molecule has 0 bridgehead atoms. The number of para-hydroxylation sites is 1. The minimum atomic E-state index is -0.0435. The van der Waals surface area contributed by atoms with E-state index >= 15 is 0 Å². The Balaban J connectivity index is 1.47. The summed E-state index contributed by atoms with van der Waals surface area (Å²) in [6.45, 7) is 3.39. The number of amides is 1. The van der Waals surface area contributed by atoms with E-state index in [2.05, 4.69) is 6.92 Å². The zero-order valence-corrected chi connectivity index (χ0v) is 24.9. The van der Waals surface area contributed by atoms with E-state index in [0.717, 1.165) is 23.4 Å². The number of nitrogens with zero attached hydrogens (tertiary/aromatic N) is 2. The molecule has 0 atom stereocenters. The van der Waals surface area contributed by atoms with E-state index in [0.29, 0.717) is 24.5 Å². The second-order valence-electron chi connectivity index (χ2n) is 10.7. The lowest BCUT2D eigenvalue weighted by molar-refractivity contribution is -0.671. The van der Waals surface area contributed by atoms with Crippen molar-refractivity contribution in [3.05, 3.63) is 84.2 Å². The van der Waals surface area contributed by atoms with Gasteiger partial charge in [-0.15, -0.1) is 0 Å². The smallest absolute Gasteiger partial charge is 0.259 e. The summed E-state index contributed by atoms with van der Waals surface area (Å²) >= 11 is 0. The molecule has 0 unspecified atom stereocenters. The molecule has 0 spiro atoms. The molecule has 2 aromatic carbocycles. The van der Waals surface area contributed by atoms with Crippen LogP contribution in [0.25, 0.3) is 0 Å². The van der Waals surface area contributed by atoms with E-state index in [1.54, 1.807) is 12.0 Å². The van der Waals surface area contributed by atoms with Gasteiger partial charge in [-0.3, -0.25) is 4.79 Å². The van der Waals surface area contributed by atoms with E-state index in [1.807, 2.05) is 84.7 Å². The summed E-state index contributed by atoms with van der Waals surface area (Å²) in [5, 5.41) is 0. The lowest BCUT2D eigenvalue weighted by Crippen LogP contribution is -2.32. The number of rotatable bonds is 19. The summed E-state index contributed by atoms with van der Waals surface area (Å²) in [7, 11) is 3.61. The van der Waals surface area contributed by atoms with Crippen LogP contribution in [-0.4, -0.2) is 19.6 Å². The van der Waals surface area contributed by atoms with Crippen molar-refractivity contribution in [2.24, 2.45) is 7.05 Å². The first-order chi connectivity index (χ1) is 19.6. The number of aryl methyl sites for hydroxylation is 1. The Kier molecular flexibility index (Phi) is 14.1. The number of pyridine rings is 1. The molecule has 40 heavy (non-hydrogen) atoms. The summed E-state index contributed by atoms with van der Waals surface area (Å²) < 4.78 is 13.7. The molecule has 0 aliphatic rings. The Morgan fingerprint density at radius 2 is 1.35 bits per heavy atom. The molecule has 0 N–H and O–H groups in total. The second kappa shape index (κ2) is 18.1. The topological polar surface area (TPSA) is 42.7 Å². The number of methoxy groups -OCH3 is 1. The Hall–Kier alpha value is -3.34. The Bertz CT molecular complexity index is 1120. The Labute approximate surface area is 242 Å². The molecule has 1 amide bonds. The van der Waals surface area contributed by atoms with Gasteiger partial charge in [-0.2, -0.15) is 0 Å². The highest BCUT2D eigenvalue weighted by molar-refractivity contribution is 6.05. The summed E-state index contributed by atoms with van der Waals surface area (Å²) in [5.74, 6) is 1.41. The molecule has 5 nitrogen and oxygen atoms in total. The number of aromatic nitrogens is 1. The Morgan fingerprint density at radius 1 is 0.750 bits per heavy atom. The third kappa shape index (κ3) is 10.7. The van der Waals surface area contributed by atoms with Gasteiger partial charge in [0.25, 0.3) is 5.91 Å². The van der Waals surface area contributed by atoms with Crippen LogP contribution < -0.4 is 18.9 Å². The highest BCUT2D eigenvalue weighted by Gasteiger charge is 2.20. The number of anilines is 1. The van der Waals surface area contributed by atoms with Gasteiger partial charge in [0.2, 0.25) is 0 Å². The van der Waals surface area contributed by atoms with Crippen LogP contribution in [0.4, 0.5) is 5.69 Å². The van der Waals surface area contributed by atoms with E-state index in [1.165, 1.54) is 70.6 Å². The fourth-order valence-electron chi connectivity index (χ4n) is 4.93. The minimum absolute atomic E-state index is 0.0435. The SMILES string of the molecule is CCCCCCCCCCCCCCOc1ccc(CN(C(=O)c2cc[n+](C)cc2)c2ccccc2)cc1OC. The number of unbranched alkanes of at least 4 members (excludes halogenated alkanes) is 11. The first-order valence-corrected chi connectivity index (χ1v) is 15.2. The van der Waals surface area contributed by atoms with Crippen LogP contribution in [-0.2, 0) is 13.6 Å². The molecular formula is C35H49N2O3+. The quantitative estimate of drug-likeness (QED) is 0.112. The minimum Gasteiger partial charge on any atom is -0.493 e. The van der Waals surface area contributed by atoms with Gasteiger partial charge in [0.15, 0.2) is 23.9 Å². The van der Waals surface area contributed by atoms with Crippen molar-refractivity contribution >= 4 is 11.6 Å². The first kappa shape index (κ1) is 31.2. The fourth-order valence-corrected chi connectivity index (χ4v) is 4.93. The molecule has 0 aliphatic carbocycles. The summed E-state index contributed by atoms with van der Waals surface area (Å²) in [4.78, 5) is 15.3. The molecule has 3 rings (SSSR count). The van der Waals surface area contributed by atoms with Gasteiger partial charge < -0.3 is 14.4 Å². The van der Waals surface area contributed by atoms with Crippen LogP contribution in [0.1, 0.15) is 99.9 Å². The van der Waals surface area contributed by atoms with E-state index < -0.39 is 0 Å². The molecular weight excluding hydrogens is 496 g/mol. The summed E-state index contributed by atoms with van der Waals surface area (Å²) in [6, 6.07) is 19.5. The van der Waals surface area contributed by atoms with E-state index in [4.69, 9.17) is 9.47 Å². The van der Waals surface area contributed by atoms with Crippen LogP contribution in [0, 0.1) is 0 Å². The number of ether oxygens (including phenoxy) is 2. The van der Waals surface area contributed by atoms with Crippen LogP contribution in [0.2, 0.25) is 0 Å². The molecule has 0 saturated carbocycles. The second-order valence-corrected chi connectivity index (χ2v) is 10.7. The number of benzene rings is 2. The fraction of sp³-hybridized carbons (Fsp3) is 0.486. The predicted octanol–water partition coefficient (Wildman–Crippen LogP) is 8.45. The normalized spacial score (nSPS) is 10.9. The van der Waals surface area contributed by atoms with Gasteiger partial charge in [-0.05, 0) is 36.2 Å². The van der Waals surface area contributed by atoms with Gasteiger partial charge in [-0.1, -0.05) is 102 Å². The van der Waals surface area contributed by atoms with Crippen LogP contribution in [0.5, 0.6) is 11.5 Å². The molecule has 216 valence electrons. The summed E-state index contributed by atoms with van der Waals surface area (Å²) in [5.41, 5.74) is 2.48. The van der Waals surface area contributed by atoms with Crippen molar-refractivity contribution in [2.75, 3.05) is 18.6 Å². The van der Waals surface area contributed by atoms with Crippen molar-refractivity contribution in [3.8, 4) is 11.5 Å². The lowest BCUT2D eigenvalue weighted by Gasteiger charge is -2.23. The maximum Gasteiger partial charge on any atom is 0.259 e. The average Bonchev–Trinajstić information content (AvgIpc) is 2.99. The van der Waals surface area contributed by atoms with E-state index in [9.17, 15) is 4.79 Å². The summed E-state index contributed by atoms with van der Waals surface area (Å²) in [6.07, 6.45) is 19.7. The van der Waals surface area contributed by atoms with Crippen LogP contribution >= 0.6 is 0 Å². The van der Waals surface area contributed by atoms with Gasteiger partial charge in [-0.25, -0.2) is 4.57 Å². The Morgan fingerprint density at radius 3 is 1.95 bits per heavy atom. The molecule has 1 heterocycles. The first-order valence-electron chi connectivity index (χ1n) is 15.2. The predicted molar refractivity (Wildman–Crippen MR) is 164 cm³/mol. The zero-order valence-electron chi connectivity index (χ0n) is 24.9. The molecule has 0 radical (unpaired) electrons. The largest absolute Gasteiger partial charge is 0.493 e. The van der Waals surface area contributed by atoms with Crippen molar-refractivity contribution in [1.82, 2.24) is 0 Å². The van der Waals surface area contributed by atoms with Gasteiger partial charge in [0, 0.05) is 17.8 Å². The van der Waals surface area contributed by atoms with Crippen molar-refractivity contribution < 1.29 is 18.8 Å². The molecule has 0 saturated heterocycles. The standard InChI is InChI=1S/C35H49N2O3/c1-4-5-6-7-8-9-10-11-12-13-14-18-27-40-33-22-21-30(28-34(33)39-3)29-37(32-19-16-15-17-20-32)35(38)31-23-25-36(2)26-24-31/h15-17,19-26,28H,4-14,18,27,29H2,1-3H3/q+1. The monoisotopic (exact) mass is 545 g/mol. The van der Waals surface area contributed by atoms with Crippen LogP contribution in [0.15, 0.2) is 73.1 Å². The number of carbonyl (C=O) groups is 1. The molecule has 5 heteroatoms. The van der Waals surface area contributed by atoms with Gasteiger partial charge >= 0.3 is 0 Å².